The zero-order valence-electron chi connectivity index (χ0n) is 20.9. The van der Waals surface area contributed by atoms with Crippen LogP contribution in [-0.4, -0.2) is 29.2 Å². The molecule has 4 heteroatoms. The van der Waals surface area contributed by atoms with Crippen LogP contribution < -0.4 is 23.7 Å². The van der Waals surface area contributed by atoms with Crippen molar-refractivity contribution in [2.45, 2.75) is 41.5 Å². The molecule has 1 saturated heterocycles. The van der Waals surface area contributed by atoms with Crippen LogP contribution in [0.25, 0.3) is 0 Å². The van der Waals surface area contributed by atoms with Crippen LogP contribution in [0.5, 0.6) is 5.75 Å². The molecule has 0 amide bonds. The summed E-state index contributed by atoms with van der Waals surface area (Å²) < 4.78 is 12.7. The Morgan fingerprint density at radius 3 is 1.64 bits per heavy atom. The molecule has 4 rings (SSSR count). The van der Waals surface area contributed by atoms with Crippen LogP contribution in [0.1, 0.15) is 38.9 Å². The minimum atomic E-state index is -3.12. The van der Waals surface area contributed by atoms with Crippen molar-refractivity contribution >= 4 is 17.3 Å². The van der Waals surface area contributed by atoms with E-state index in [4.69, 9.17) is 4.74 Å². The summed E-state index contributed by atoms with van der Waals surface area (Å²) >= 11 is -3.12. The van der Waals surface area contributed by atoms with E-state index in [1.165, 1.54) is 46.1 Å². The van der Waals surface area contributed by atoms with Gasteiger partial charge in [0.15, 0.2) is 0 Å². The van der Waals surface area contributed by atoms with E-state index in [1.807, 2.05) is 6.07 Å². The molecule has 0 atom stereocenters. The molecular weight excluding hydrogens is 493 g/mol. The second-order valence-electron chi connectivity index (χ2n) is 8.97. The van der Waals surface area contributed by atoms with Gasteiger partial charge >= 0.3 is 201 Å². The quantitative estimate of drug-likeness (QED) is 0.505. The Bertz CT molecular complexity index is 1230. The molecule has 3 aromatic carbocycles. The van der Waals surface area contributed by atoms with E-state index in [1.54, 1.807) is 7.11 Å². The maximum atomic E-state index is 5.83. The monoisotopic (exact) mass is 530 g/mol. The van der Waals surface area contributed by atoms with Gasteiger partial charge in [-0.05, 0) is 0 Å². The van der Waals surface area contributed by atoms with E-state index >= 15 is 0 Å². The number of methoxy groups -OCH3 is 1. The second-order valence-corrected chi connectivity index (χ2v) is 14.9. The Hall–Kier alpha value is -2.26. The third-order valence-electron chi connectivity index (χ3n) is 6.04. The Morgan fingerprint density at radius 1 is 0.727 bits per heavy atom. The predicted molar refractivity (Wildman–Crippen MR) is 140 cm³/mol. The average Bonchev–Trinajstić information content (AvgIpc) is 3.27. The molecule has 1 heterocycles. The summed E-state index contributed by atoms with van der Waals surface area (Å²) in [5.41, 5.74) is 9.26. The average molecular weight is 530 g/mol. The molecule has 0 bridgehead atoms. The fourth-order valence-electron chi connectivity index (χ4n) is 5.13. The maximum absolute atomic E-state index is 5.83. The molecule has 176 valence electrons. The number of para-hydroxylation sites is 1. The number of hydrogen-bond acceptors (Lipinski definition) is 3. The molecule has 0 aromatic heterocycles. The van der Waals surface area contributed by atoms with Gasteiger partial charge in [0.2, 0.25) is 0 Å². The fraction of sp³-hybridized carbons (Fsp3) is 0.310. The molecule has 1 fully saturated rings. The predicted octanol–water partition coefficient (Wildman–Crippen LogP) is 3.78. The van der Waals surface area contributed by atoms with Crippen molar-refractivity contribution in [3.8, 4) is 5.75 Å². The topological polar surface area (TPSA) is 33.3 Å². The van der Waals surface area contributed by atoms with Gasteiger partial charge in [0.1, 0.15) is 0 Å². The molecule has 0 radical (unpaired) electrons. The molecule has 1 aliphatic heterocycles. The molecule has 0 spiro atoms. The third kappa shape index (κ3) is 4.33. The minimum absolute atomic E-state index is 0.922. The molecule has 33 heavy (non-hydrogen) atoms. The van der Waals surface area contributed by atoms with Gasteiger partial charge in [-0.3, -0.25) is 0 Å². The summed E-state index contributed by atoms with van der Waals surface area (Å²) in [6, 6.07) is 17.8. The number of nitrogens with one attached hydrogen (secondary N) is 2. The Labute approximate surface area is 201 Å². The first-order valence-electron chi connectivity index (χ1n) is 11.5. The van der Waals surface area contributed by atoms with Crippen LogP contribution in [0.3, 0.4) is 0 Å². The van der Waals surface area contributed by atoms with Crippen LogP contribution in [0.4, 0.5) is 0 Å². The number of rotatable bonds is 4. The van der Waals surface area contributed by atoms with Gasteiger partial charge in [0.25, 0.3) is 0 Å². The Morgan fingerprint density at radius 2 is 1.18 bits per heavy atom. The van der Waals surface area contributed by atoms with E-state index in [0.29, 0.717) is 0 Å². The van der Waals surface area contributed by atoms with Crippen LogP contribution in [-0.2, 0) is 13.9 Å². The summed E-state index contributed by atoms with van der Waals surface area (Å²) in [6.07, 6.45) is 0. The number of aryl methyl sites for hydroxylation is 6. The standard InChI is InChI=1S/2C9H11.C8H8O.C3H6N2.Ru/c2*1-7-4-8(2)6-9(3)5-7;1-7-5-3-4-6-8(7)9-2;1-2-5-3-4-1;/h2*4-5H,1-3H3;1,3-6H,2H3;4-5H,1-2H2;. The van der Waals surface area contributed by atoms with Gasteiger partial charge in [0, 0.05) is 0 Å². The van der Waals surface area contributed by atoms with Crippen molar-refractivity contribution in [2.24, 2.45) is 0 Å². The third-order valence-corrected chi connectivity index (χ3v) is 14.8. The summed E-state index contributed by atoms with van der Waals surface area (Å²) in [5.74, 6) is 0.922. The van der Waals surface area contributed by atoms with Crippen LogP contribution >= 0.6 is 0 Å². The number of benzene rings is 3. The Balaban J connectivity index is 2.32. The van der Waals surface area contributed by atoms with Gasteiger partial charge < -0.3 is 0 Å². The van der Waals surface area contributed by atoms with Crippen molar-refractivity contribution < 1.29 is 18.6 Å². The summed E-state index contributed by atoms with van der Waals surface area (Å²) in [6.45, 7) is 15.4. The molecule has 0 aliphatic carbocycles. The molecule has 1 aliphatic rings. The van der Waals surface area contributed by atoms with Crippen LogP contribution in [0.15, 0.2) is 48.5 Å². The van der Waals surface area contributed by atoms with E-state index in [2.05, 4.69) is 99.2 Å². The van der Waals surface area contributed by atoms with Crippen LogP contribution in [0.2, 0.25) is 0 Å². The van der Waals surface area contributed by atoms with Gasteiger partial charge in [-0.2, -0.15) is 0 Å². The van der Waals surface area contributed by atoms with Crippen molar-refractivity contribution in [1.82, 2.24) is 10.6 Å². The first-order chi connectivity index (χ1) is 15.8. The molecule has 3 aromatic rings. The van der Waals surface area contributed by atoms with Crippen molar-refractivity contribution in [2.75, 3.05) is 20.2 Å². The summed E-state index contributed by atoms with van der Waals surface area (Å²) in [5, 5.41) is 7.60. The van der Waals surface area contributed by atoms with E-state index < -0.39 is 13.9 Å². The number of hydrogen-bond donors (Lipinski definition) is 2. The SMILES string of the molecule is COc1ccccc1[CH]=[Ru](=[C]1NCCN1)([c]1c(C)cc(C)cc1C)[c]1c(C)cc(C)cc1C. The first-order valence-corrected chi connectivity index (χ1v) is 15.1. The van der Waals surface area contributed by atoms with Gasteiger partial charge in [-0.1, -0.05) is 0 Å². The van der Waals surface area contributed by atoms with Gasteiger partial charge in [-0.15, -0.1) is 0 Å². The molecular formula is C29H36N2ORu. The zero-order valence-corrected chi connectivity index (χ0v) is 22.6. The molecule has 2 N–H and O–H groups in total. The van der Waals surface area contributed by atoms with E-state index in [0.717, 1.165) is 24.4 Å². The number of ether oxygens (including phenoxy) is 1. The van der Waals surface area contributed by atoms with Crippen molar-refractivity contribution in [1.29, 1.82) is 0 Å². The molecule has 3 nitrogen and oxygen atoms in total. The summed E-state index contributed by atoms with van der Waals surface area (Å²) in [7, 11) is 1.77. The second kappa shape index (κ2) is 9.54. The van der Waals surface area contributed by atoms with Crippen molar-refractivity contribution in [3.63, 3.8) is 0 Å². The Kier molecular flexibility index (Phi) is 6.91. The first kappa shape index (κ1) is 23.9. The van der Waals surface area contributed by atoms with E-state index in [-0.39, 0.29) is 0 Å². The zero-order chi connectivity index (χ0) is 23.8. The van der Waals surface area contributed by atoms with Gasteiger partial charge in [-0.25, -0.2) is 0 Å². The normalized spacial score (nSPS) is 14.5. The molecule has 0 saturated carbocycles. The van der Waals surface area contributed by atoms with Crippen molar-refractivity contribution in [3.05, 3.63) is 87.5 Å². The fourth-order valence-corrected chi connectivity index (χ4v) is 14.6. The summed E-state index contributed by atoms with van der Waals surface area (Å²) in [4.78, 5) is 0. The van der Waals surface area contributed by atoms with E-state index in [9.17, 15) is 0 Å². The molecule has 0 unspecified atom stereocenters. The van der Waals surface area contributed by atoms with Crippen LogP contribution in [0, 0.1) is 41.5 Å². The van der Waals surface area contributed by atoms with Gasteiger partial charge in [0.05, 0.1) is 0 Å².